The maximum Gasteiger partial charge on any atom is 0.306 e. The number of imidazole rings is 1. The molecule has 4 rings (SSSR count). The molecule has 2 aromatic heterocycles. The van der Waals surface area contributed by atoms with Crippen LogP contribution in [0.15, 0.2) is 42.9 Å². The van der Waals surface area contributed by atoms with Crippen LogP contribution in [-0.4, -0.2) is 32.1 Å². The number of hydrogen-bond acceptors (Lipinski definition) is 6. The Morgan fingerprint density at radius 2 is 1.74 bits per heavy atom. The topological polar surface area (TPSA) is 79.1 Å². The van der Waals surface area contributed by atoms with Gasteiger partial charge in [-0.3, -0.25) is 14.8 Å². The molecule has 1 aromatic carbocycles. The minimum atomic E-state index is -0.238. The van der Waals surface area contributed by atoms with Crippen LogP contribution in [0.4, 0.5) is 0 Å². The second-order valence-electron chi connectivity index (χ2n) is 10.6. The van der Waals surface area contributed by atoms with Crippen molar-refractivity contribution in [2.75, 3.05) is 6.61 Å². The molecule has 0 saturated carbocycles. The van der Waals surface area contributed by atoms with Crippen LogP contribution >= 0.6 is 0 Å². The van der Waals surface area contributed by atoms with Crippen LogP contribution in [-0.2, 0) is 34.0 Å². The number of hydrogen-bond donors (Lipinski definition) is 0. The number of carbonyl (C=O) groups is 1. The van der Waals surface area contributed by atoms with E-state index in [0.29, 0.717) is 13.2 Å². The average Bonchev–Trinajstić information content (AvgIpc) is 3.25. The number of esters is 1. The van der Waals surface area contributed by atoms with Gasteiger partial charge in [0, 0.05) is 30.3 Å². The van der Waals surface area contributed by atoms with E-state index in [1.807, 2.05) is 55.2 Å². The predicted molar refractivity (Wildman–Crippen MR) is 134 cm³/mol. The number of aryl methyl sites for hydroxylation is 1. The number of benzene rings is 1. The summed E-state index contributed by atoms with van der Waals surface area (Å²) in [5.41, 5.74) is 4.05. The molecular formula is C28H36N4O3. The summed E-state index contributed by atoms with van der Waals surface area (Å²) in [7, 11) is 1.93. The molecule has 7 heteroatoms. The Bertz CT molecular complexity index is 1180. The number of aromatic nitrogens is 4. The van der Waals surface area contributed by atoms with E-state index in [1.54, 1.807) is 6.20 Å². The minimum absolute atomic E-state index is 0.00836. The van der Waals surface area contributed by atoms with Gasteiger partial charge in [-0.1, -0.05) is 39.8 Å². The molecule has 7 nitrogen and oxygen atoms in total. The fourth-order valence-corrected chi connectivity index (χ4v) is 4.74. The van der Waals surface area contributed by atoms with Gasteiger partial charge in [-0.25, -0.2) is 4.98 Å². The molecule has 0 spiro atoms. The van der Waals surface area contributed by atoms with Crippen LogP contribution in [0.1, 0.15) is 88.3 Å². The summed E-state index contributed by atoms with van der Waals surface area (Å²) in [6.07, 6.45) is 7.90. The molecule has 0 radical (unpaired) electrons. The van der Waals surface area contributed by atoms with Crippen LogP contribution in [0.3, 0.4) is 0 Å². The lowest BCUT2D eigenvalue weighted by Gasteiger charge is -2.39. The molecule has 0 fully saturated rings. The number of fused-ring (bicyclic) bond motifs is 1. The second kappa shape index (κ2) is 9.80. The molecular weight excluding hydrogens is 440 g/mol. The summed E-state index contributed by atoms with van der Waals surface area (Å²) in [5, 5.41) is 0. The first-order chi connectivity index (χ1) is 16.6. The predicted octanol–water partition coefficient (Wildman–Crippen LogP) is 5.22. The van der Waals surface area contributed by atoms with Gasteiger partial charge in [0.25, 0.3) is 0 Å². The zero-order chi connectivity index (χ0) is 25.2. The van der Waals surface area contributed by atoms with E-state index in [1.165, 1.54) is 0 Å². The third-order valence-corrected chi connectivity index (χ3v) is 6.99. The first-order valence-electron chi connectivity index (χ1n) is 12.3. The maximum atomic E-state index is 12.3. The SMILES string of the molecule is CCOC(=O)CC(c1ccc(OCc2cnc3c(n2)C(C)(C)CCC3(C)C)cc1)c1nccn1C. The zero-order valence-electron chi connectivity index (χ0n) is 21.7. The van der Waals surface area contributed by atoms with Crippen LogP contribution in [0.25, 0.3) is 0 Å². The van der Waals surface area contributed by atoms with Crippen molar-refractivity contribution in [3.8, 4) is 5.75 Å². The molecule has 0 amide bonds. The Hall–Kier alpha value is -3.22. The monoisotopic (exact) mass is 476 g/mol. The fraction of sp³-hybridized carbons (Fsp3) is 0.500. The highest BCUT2D eigenvalue weighted by molar-refractivity contribution is 5.71. The van der Waals surface area contributed by atoms with E-state index >= 15 is 0 Å². The van der Waals surface area contributed by atoms with Gasteiger partial charge in [0.2, 0.25) is 0 Å². The molecule has 0 saturated heterocycles. The van der Waals surface area contributed by atoms with Crippen molar-refractivity contribution in [3.63, 3.8) is 0 Å². The zero-order valence-corrected chi connectivity index (χ0v) is 21.7. The van der Waals surface area contributed by atoms with Gasteiger partial charge in [0.05, 0.1) is 42.2 Å². The van der Waals surface area contributed by atoms with Gasteiger partial charge in [0.15, 0.2) is 0 Å². The molecule has 2 heterocycles. The van der Waals surface area contributed by atoms with E-state index < -0.39 is 0 Å². The molecule has 3 aromatic rings. The number of nitrogens with zero attached hydrogens (tertiary/aromatic N) is 4. The summed E-state index contributed by atoms with van der Waals surface area (Å²) in [6, 6.07) is 7.82. The first kappa shape index (κ1) is 24.9. The van der Waals surface area contributed by atoms with Crippen LogP contribution in [0.5, 0.6) is 5.75 Å². The van der Waals surface area contributed by atoms with Gasteiger partial charge in [-0.2, -0.15) is 0 Å². The van der Waals surface area contributed by atoms with Crippen molar-refractivity contribution in [1.82, 2.24) is 19.5 Å². The molecule has 35 heavy (non-hydrogen) atoms. The summed E-state index contributed by atoms with van der Waals surface area (Å²) in [6.45, 7) is 11.5. The quantitative estimate of drug-likeness (QED) is 0.415. The lowest BCUT2D eigenvalue weighted by atomic mass is 9.67. The second-order valence-corrected chi connectivity index (χ2v) is 10.6. The minimum Gasteiger partial charge on any atom is -0.487 e. The van der Waals surface area contributed by atoms with Gasteiger partial charge in [0.1, 0.15) is 18.2 Å². The molecule has 1 aliphatic carbocycles. The average molecular weight is 477 g/mol. The molecule has 0 aliphatic heterocycles. The van der Waals surface area contributed by atoms with Gasteiger partial charge in [-0.05, 0) is 37.5 Å². The molecule has 186 valence electrons. The lowest BCUT2D eigenvalue weighted by Crippen LogP contribution is -2.36. The Morgan fingerprint density at radius 3 is 2.37 bits per heavy atom. The Balaban J connectivity index is 1.49. The van der Waals surface area contributed by atoms with Crippen molar-refractivity contribution >= 4 is 5.97 Å². The maximum absolute atomic E-state index is 12.3. The standard InChI is InChI=1S/C28H36N4O3/c1-7-34-23(33)16-22(26-29-14-15-32(26)6)19-8-10-21(11-9-19)35-18-20-17-30-24-25(31-20)28(4,5)13-12-27(24,2)3/h8-11,14-15,17,22H,7,12-13,16,18H2,1-6H3. The largest absolute Gasteiger partial charge is 0.487 e. The molecule has 1 unspecified atom stereocenters. The lowest BCUT2D eigenvalue weighted by molar-refractivity contribution is -0.143. The summed E-state index contributed by atoms with van der Waals surface area (Å²) in [4.78, 5) is 26.5. The van der Waals surface area contributed by atoms with Crippen LogP contribution in [0.2, 0.25) is 0 Å². The van der Waals surface area contributed by atoms with E-state index in [-0.39, 0.29) is 29.1 Å². The van der Waals surface area contributed by atoms with E-state index in [2.05, 4.69) is 32.7 Å². The normalized spacial score (nSPS) is 16.9. The third kappa shape index (κ3) is 5.39. The fourth-order valence-electron chi connectivity index (χ4n) is 4.74. The van der Waals surface area contributed by atoms with Crippen molar-refractivity contribution in [1.29, 1.82) is 0 Å². The molecule has 0 bridgehead atoms. The highest BCUT2D eigenvalue weighted by Crippen LogP contribution is 2.43. The molecule has 1 atom stereocenters. The third-order valence-electron chi connectivity index (χ3n) is 6.99. The van der Waals surface area contributed by atoms with E-state index in [9.17, 15) is 4.79 Å². The number of carbonyl (C=O) groups excluding carboxylic acids is 1. The van der Waals surface area contributed by atoms with Crippen molar-refractivity contribution in [2.24, 2.45) is 7.05 Å². The summed E-state index contributed by atoms with van der Waals surface area (Å²) < 4.78 is 13.2. The number of ether oxygens (including phenoxy) is 2. The van der Waals surface area contributed by atoms with Gasteiger partial charge < -0.3 is 14.0 Å². The highest BCUT2D eigenvalue weighted by Gasteiger charge is 2.39. The Morgan fingerprint density at radius 1 is 1.06 bits per heavy atom. The number of rotatable bonds is 8. The smallest absolute Gasteiger partial charge is 0.306 e. The van der Waals surface area contributed by atoms with Crippen molar-refractivity contribution in [3.05, 3.63) is 71.3 Å². The van der Waals surface area contributed by atoms with Crippen molar-refractivity contribution < 1.29 is 14.3 Å². The summed E-state index contributed by atoms with van der Waals surface area (Å²) in [5.74, 6) is 1.13. The van der Waals surface area contributed by atoms with Gasteiger partial charge >= 0.3 is 5.97 Å². The Labute approximate surface area is 207 Å². The molecule has 0 N–H and O–H groups in total. The van der Waals surface area contributed by atoms with Crippen molar-refractivity contribution in [2.45, 2.75) is 77.2 Å². The van der Waals surface area contributed by atoms with E-state index in [0.717, 1.165) is 47.1 Å². The highest BCUT2D eigenvalue weighted by atomic mass is 16.5. The summed E-state index contributed by atoms with van der Waals surface area (Å²) >= 11 is 0. The molecule has 1 aliphatic rings. The van der Waals surface area contributed by atoms with Gasteiger partial charge in [-0.15, -0.1) is 0 Å². The van der Waals surface area contributed by atoms with Crippen LogP contribution in [0, 0.1) is 0 Å². The first-order valence-corrected chi connectivity index (χ1v) is 12.3. The Kier molecular flexibility index (Phi) is 6.97. The van der Waals surface area contributed by atoms with E-state index in [4.69, 9.17) is 19.4 Å². The van der Waals surface area contributed by atoms with Crippen LogP contribution < -0.4 is 4.74 Å².